The highest BCUT2D eigenvalue weighted by molar-refractivity contribution is 6.35. The van der Waals surface area contributed by atoms with E-state index in [2.05, 4.69) is 4.98 Å². The van der Waals surface area contributed by atoms with Crippen LogP contribution in [0.1, 0.15) is 18.3 Å². The summed E-state index contributed by atoms with van der Waals surface area (Å²) in [5, 5.41) is 1.29. The molecule has 1 aromatic carbocycles. The van der Waals surface area contributed by atoms with Crippen LogP contribution < -0.4 is 5.56 Å². The van der Waals surface area contributed by atoms with Crippen LogP contribution in [0.5, 0.6) is 0 Å². The summed E-state index contributed by atoms with van der Waals surface area (Å²) in [5.41, 5.74) is 0.620. The number of benzene rings is 1. The molecule has 100 valence electrons. The lowest BCUT2D eigenvalue weighted by Gasteiger charge is -2.12. The molecule has 1 aromatic heterocycles. The minimum atomic E-state index is -0.192. The average Bonchev–Trinajstić information content (AvgIpc) is 2.34. The van der Waals surface area contributed by atoms with Gasteiger partial charge in [0, 0.05) is 22.5 Å². The highest BCUT2D eigenvalue weighted by Crippen LogP contribution is 2.21. The second-order valence-corrected chi connectivity index (χ2v) is 5.24. The van der Waals surface area contributed by atoms with Crippen LogP contribution in [0.3, 0.4) is 0 Å². The lowest BCUT2D eigenvalue weighted by molar-refractivity contribution is 0.675. The molecule has 2 aromatic rings. The van der Waals surface area contributed by atoms with Crippen molar-refractivity contribution in [2.24, 2.45) is 0 Å². The molecule has 0 atom stereocenters. The second-order valence-electron chi connectivity index (χ2n) is 4.01. The van der Waals surface area contributed by atoms with Crippen LogP contribution in [0.25, 0.3) is 0 Å². The van der Waals surface area contributed by atoms with E-state index >= 15 is 0 Å². The van der Waals surface area contributed by atoms with E-state index in [0.717, 1.165) is 5.56 Å². The fraction of sp³-hybridized carbons (Fsp3) is 0.231. The Hall–Kier alpha value is -1.03. The fourth-order valence-electron chi connectivity index (χ4n) is 1.78. The zero-order valence-corrected chi connectivity index (χ0v) is 12.4. The van der Waals surface area contributed by atoms with Crippen molar-refractivity contribution >= 4 is 34.8 Å². The molecule has 0 spiro atoms. The molecule has 0 fully saturated rings. The third-order valence-electron chi connectivity index (χ3n) is 2.72. The van der Waals surface area contributed by atoms with Gasteiger partial charge in [-0.3, -0.25) is 9.36 Å². The zero-order valence-electron chi connectivity index (χ0n) is 10.2. The van der Waals surface area contributed by atoms with Gasteiger partial charge in [-0.1, -0.05) is 47.8 Å². The highest BCUT2D eigenvalue weighted by atomic mass is 35.5. The third-order valence-corrected chi connectivity index (χ3v) is 3.50. The van der Waals surface area contributed by atoms with Crippen LogP contribution in [-0.2, 0) is 13.0 Å². The van der Waals surface area contributed by atoms with Crippen molar-refractivity contribution in [3.8, 4) is 0 Å². The number of hydrogen-bond donors (Lipinski definition) is 0. The number of nitrogens with zero attached hydrogens (tertiary/aromatic N) is 2. The molecule has 0 saturated heterocycles. The molecule has 0 amide bonds. The molecule has 0 aliphatic carbocycles. The Labute approximate surface area is 125 Å². The predicted molar refractivity (Wildman–Crippen MR) is 78.4 cm³/mol. The monoisotopic (exact) mass is 316 g/mol. The van der Waals surface area contributed by atoms with E-state index < -0.39 is 0 Å². The number of hydrogen-bond acceptors (Lipinski definition) is 2. The number of aryl methyl sites for hydroxylation is 1. The van der Waals surface area contributed by atoms with Crippen LogP contribution in [0, 0.1) is 0 Å². The van der Waals surface area contributed by atoms with Gasteiger partial charge in [0.05, 0.1) is 6.54 Å². The van der Waals surface area contributed by atoms with Crippen LogP contribution >= 0.6 is 34.8 Å². The Morgan fingerprint density at radius 1 is 1.21 bits per heavy atom. The molecule has 6 heteroatoms. The summed E-state index contributed by atoms with van der Waals surface area (Å²) >= 11 is 17.7. The first-order valence-electron chi connectivity index (χ1n) is 5.71. The maximum absolute atomic E-state index is 12.0. The van der Waals surface area contributed by atoms with E-state index in [4.69, 9.17) is 34.8 Å². The van der Waals surface area contributed by atoms with Crippen molar-refractivity contribution in [1.82, 2.24) is 9.55 Å². The van der Waals surface area contributed by atoms with Crippen molar-refractivity contribution in [3.63, 3.8) is 0 Å². The Morgan fingerprint density at radius 3 is 2.58 bits per heavy atom. The van der Waals surface area contributed by atoms with Crippen molar-refractivity contribution < 1.29 is 0 Å². The quantitative estimate of drug-likeness (QED) is 0.807. The van der Waals surface area contributed by atoms with Gasteiger partial charge in [0.15, 0.2) is 0 Å². The van der Waals surface area contributed by atoms with Crippen LogP contribution in [0.15, 0.2) is 29.1 Å². The zero-order chi connectivity index (χ0) is 14.0. The standard InChI is InChI=1S/C13H11Cl3N2O/c1-2-12-17-11(16)6-13(19)18(12)7-8-3-4-9(14)5-10(8)15/h3-6H,2,7H2,1H3. The summed E-state index contributed by atoms with van der Waals surface area (Å²) in [6.07, 6.45) is 0.612. The summed E-state index contributed by atoms with van der Waals surface area (Å²) in [6.45, 7) is 2.26. The predicted octanol–water partition coefficient (Wildman–Crippen LogP) is 3.81. The van der Waals surface area contributed by atoms with Gasteiger partial charge in [-0.15, -0.1) is 0 Å². The maximum Gasteiger partial charge on any atom is 0.255 e. The normalized spacial score (nSPS) is 10.7. The van der Waals surface area contributed by atoms with E-state index in [-0.39, 0.29) is 10.7 Å². The molecule has 0 radical (unpaired) electrons. The topological polar surface area (TPSA) is 34.9 Å². The third kappa shape index (κ3) is 3.30. The van der Waals surface area contributed by atoms with Gasteiger partial charge in [0.25, 0.3) is 5.56 Å². The smallest absolute Gasteiger partial charge is 0.255 e. The van der Waals surface area contributed by atoms with Gasteiger partial charge >= 0.3 is 0 Å². The highest BCUT2D eigenvalue weighted by Gasteiger charge is 2.09. The van der Waals surface area contributed by atoms with Gasteiger partial charge in [-0.05, 0) is 17.7 Å². The summed E-state index contributed by atoms with van der Waals surface area (Å²) < 4.78 is 1.56. The molecule has 1 heterocycles. The fourth-order valence-corrected chi connectivity index (χ4v) is 2.44. The summed E-state index contributed by atoms with van der Waals surface area (Å²) in [4.78, 5) is 16.1. The molecule has 0 bridgehead atoms. The molecule has 0 unspecified atom stereocenters. The van der Waals surface area contributed by atoms with Gasteiger partial charge < -0.3 is 0 Å². The van der Waals surface area contributed by atoms with Crippen LogP contribution in [0.2, 0.25) is 15.2 Å². The minimum absolute atomic E-state index is 0.192. The molecule has 0 aliphatic rings. The van der Waals surface area contributed by atoms with Gasteiger partial charge in [0.1, 0.15) is 11.0 Å². The molecular formula is C13H11Cl3N2O. The average molecular weight is 318 g/mol. The van der Waals surface area contributed by atoms with E-state index in [0.29, 0.717) is 28.8 Å². The Bertz CT molecular complexity index is 667. The molecule has 0 saturated carbocycles. The first-order valence-corrected chi connectivity index (χ1v) is 6.85. The van der Waals surface area contributed by atoms with Crippen molar-refractivity contribution in [2.45, 2.75) is 19.9 Å². The van der Waals surface area contributed by atoms with E-state index in [1.165, 1.54) is 6.07 Å². The van der Waals surface area contributed by atoms with Gasteiger partial charge in [-0.25, -0.2) is 4.98 Å². The largest absolute Gasteiger partial charge is 0.292 e. The Kier molecular flexibility index (Phi) is 4.50. The summed E-state index contributed by atoms with van der Waals surface area (Å²) in [5.74, 6) is 0.628. The lowest BCUT2D eigenvalue weighted by atomic mass is 10.2. The maximum atomic E-state index is 12.0. The number of aromatic nitrogens is 2. The second kappa shape index (κ2) is 5.95. The van der Waals surface area contributed by atoms with Crippen molar-refractivity contribution in [1.29, 1.82) is 0 Å². The lowest BCUT2D eigenvalue weighted by Crippen LogP contribution is -2.24. The summed E-state index contributed by atoms with van der Waals surface area (Å²) in [6, 6.07) is 6.48. The Morgan fingerprint density at radius 2 is 1.95 bits per heavy atom. The number of rotatable bonds is 3. The van der Waals surface area contributed by atoms with E-state index in [1.54, 1.807) is 22.8 Å². The number of halogens is 3. The molecule has 19 heavy (non-hydrogen) atoms. The van der Waals surface area contributed by atoms with Crippen molar-refractivity contribution in [2.75, 3.05) is 0 Å². The van der Waals surface area contributed by atoms with Gasteiger partial charge in [-0.2, -0.15) is 0 Å². The summed E-state index contributed by atoms with van der Waals surface area (Å²) in [7, 11) is 0. The minimum Gasteiger partial charge on any atom is -0.292 e. The molecular weight excluding hydrogens is 307 g/mol. The molecule has 0 aliphatic heterocycles. The van der Waals surface area contributed by atoms with Crippen molar-refractivity contribution in [3.05, 3.63) is 61.2 Å². The molecule has 2 rings (SSSR count). The van der Waals surface area contributed by atoms with Crippen LogP contribution in [-0.4, -0.2) is 9.55 Å². The van der Waals surface area contributed by atoms with E-state index in [1.807, 2.05) is 6.92 Å². The molecule has 3 nitrogen and oxygen atoms in total. The first kappa shape index (κ1) is 14.4. The van der Waals surface area contributed by atoms with E-state index in [9.17, 15) is 4.79 Å². The molecule has 0 N–H and O–H groups in total. The van der Waals surface area contributed by atoms with Crippen LogP contribution in [0.4, 0.5) is 0 Å². The Balaban J connectivity index is 2.46. The SMILES string of the molecule is CCc1nc(Cl)cc(=O)n1Cc1ccc(Cl)cc1Cl. The first-order chi connectivity index (χ1) is 9.01. The van der Waals surface area contributed by atoms with Gasteiger partial charge in [0.2, 0.25) is 0 Å².